The summed E-state index contributed by atoms with van der Waals surface area (Å²) in [5.74, 6) is 1.98. The molecule has 0 fully saturated rings. The van der Waals surface area contributed by atoms with E-state index in [1.54, 1.807) is 37.7 Å². The van der Waals surface area contributed by atoms with Crippen molar-refractivity contribution in [3.8, 4) is 22.1 Å². The normalized spacial score (nSPS) is 10.8. The first-order chi connectivity index (χ1) is 13.7. The number of methoxy groups -OCH3 is 2. The Labute approximate surface area is 166 Å². The molecule has 0 aliphatic rings. The number of fused-ring (bicyclic) bond motifs is 1. The second-order valence-corrected chi connectivity index (χ2v) is 6.88. The van der Waals surface area contributed by atoms with Crippen molar-refractivity contribution in [1.29, 1.82) is 0 Å². The summed E-state index contributed by atoms with van der Waals surface area (Å²) in [6, 6.07) is 13.7. The van der Waals surface area contributed by atoms with E-state index in [1.807, 2.05) is 35.7 Å². The number of aromatic nitrogens is 3. The molecule has 0 spiro atoms. The van der Waals surface area contributed by atoms with Crippen molar-refractivity contribution >= 4 is 34.0 Å². The number of nitrogens with two attached hydrogens (primary N) is 1. The minimum atomic E-state index is 0.372. The van der Waals surface area contributed by atoms with Crippen molar-refractivity contribution in [2.75, 3.05) is 25.3 Å². The molecular formula is C20H19N5O2S. The number of rotatable bonds is 6. The Bertz CT molecular complexity index is 1110. The van der Waals surface area contributed by atoms with Gasteiger partial charge in [0.25, 0.3) is 0 Å². The molecule has 8 heteroatoms. The number of anilines is 2. The Balaban J connectivity index is 1.56. The summed E-state index contributed by atoms with van der Waals surface area (Å²) in [7, 11) is 3.16. The third kappa shape index (κ3) is 3.54. The van der Waals surface area contributed by atoms with E-state index in [4.69, 9.17) is 15.2 Å². The van der Waals surface area contributed by atoms with Crippen LogP contribution >= 0.6 is 11.3 Å². The molecule has 0 saturated carbocycles. The number of thiazole rings is 1. The van der Waals surface area contributed by atoms with E-state index in [0.717, 1.165) is 16.3 Å². The molecule has 142 valence electrons. The molecule has 0 atom stereocenters. The topological polar surface area (TPSA) is 95.2 Å². The SMILES string of the molecule is COc1cc2nc(NCc3csc(-c4ccccc4)n3)nc(N)c2cc1OC. The van der Waals surface area contributed by atoms with Gasteiger partial charge in [-0.3, -0.25) is 0 Å². The highest BCUT2D eigenvalue weighted by Gasteiger charge is 2.12. The lowest BCUT2D eigenvalue weighted by Gasteiger charge is -2.11. The summed E-state index contributed by atoms with van der Waals surface area (Å²) in [5, 5.41) is 6.91. The average molecular weight is 393 g/mol. The number of nitrogens with zero attached hydrogens (tertiary/aromatic N) is 3. The fourth-order valence-electron chi connectivity index (χ4n) is 2.83. The number of nitrogens with one attached hydrogen (secondary N) is 1. The van der Waals surface area contributed by atoms with Crippen molar-refractivity contribution in [3.63, 3.8) is 0 Å². The Morgan fingerprint density at radius 3 is 2.50 bits per heavy atom. The van der Waals surface area contributed by atoms with Gasteiger partial charge in [0, 0.05) is 22.4 Å². The highest BCUT2D eigenvalue weighted by molar-refractivity contribution is 7.13. The van der Waals surface area contributed by atoms with Gasteiger partial charge in [-0.1, -0.05) is 30.3 Å². The van der Waals surface area contributed by atoms with Gasteiger partial charge < -0.3 is 20.5 Å². The molecule has 7 nitrogen and oxygen atoms in total. The molecule has 2 aromatic carbocycles. The van der Waals surface area contributed by atoms with Crippen LogP contribution in [0.1, 0.15) is 5.69 Å². The highest BCUT2D eigenvalue weighted by atomic mass is 32.1. The smallest absolute Gasteiger partial charge is 0.225 e. The van der Waals surface area contributed by atoms with Crippen LogP contribution in [0.2, 0.25) is 0 Å². The predicted octanol–water partition coefficient (Wildman–Crippen LogP) is 3.96. The molecule has 0 saturated heterocycles. The maximum absolute atomic E-state index is 6.12. The first-order valence-corrected chi connectivity index (χ1v) is 9.49. The van der Waals surface area contributed by atoms with Crippen LogP contribution in [0.4, 0.5) is 11.8 Å². The van der Waals surface area contributed by atoms with Crippen molar-refractivity contribution in [1.82, 2.24) is 15.0 Å². The number of ether oxygens (including phenoxy) is 2. The third-order valence-corrected chi connectivity index (χ3v) is 5.17. The van der Waals surface area contributed by atoms with E-state index in [0.29, 0.717) is 40.7 Å². The number of benzene rings is 2. The zero-order valence-electron chi connectivity index (χ0n) is 15.5. The van der Waals surface area contributed by atoms with E-state index in [9.17, 15) is 0 Å². The molecule has 0 unspecified atom stereocenters. The first kappa shape index (κ1) is 18.0. The van der Waals surface area contributed by atoms with Crippen LogP contribution in [0.3, 0.4) is 0 Å². The van der Waals surface area contributed by atoms with Crippen molar-refractivity contribution in [2.24, 2.45) is 0 Å². The molecule has 0 aliphatic heterocycles. The largest absolute Gasteiger partial charge is 0.493 e. The Hall–Kier alpha value is -3.39. The summed E-state index contributed by atoms with van der Waals surface area (Å²) in [5.41, 5.74) is 8.81. The van der Waals surface area contributed by atoms with Crippen LogP contribution < -0.4 is 20.5 Å². The van der Waals surface area contributed by atoms with Crippen LogP contribution in [0, 0.1) is 0 Å². The van der Waals surface area contributed by atoms with E-state index >= 15 is 0 Å². The number of hydrogen-bond donors (Lipinski definition) is 2. The zero-order valence-corrected chi connectivity index (χ0v) is 16.3. The summed E-state index contributed by atoms with van der Waals surface area (Å²) in [6.07, 6.45) is 0. The van der Waals surface area contributed by atoms with E-state index < -0.39 is 0 Å². The second-order valence-electron chi connectivity index (χ2n) is 6.02. The summed E-state index contributed by atoms with van der Waals surface area (Å²) in [6.45, 7) is 0.502. The quantitative estimate of drug-likeness (QED) is 0.512. The van der Waals surface area contributed by atoms with Gasteiger partial charge in [0.2, 0.25) is 5.95 Å². The van der Waals surface area contributed by atoms with Gasteiger partial charge in [-0.25, -0.2) is 9.97 Å². The van der Waals surface area contributed by atoms with Crippen LogP contribution in [-0.2, 0) is 6.54 Å². The molecule has 0 bridgehead atoms. The zero-order chi connectivity index (χ0) is 19.5. The molecule has 0 radical (unpaired) electrons. The van der Waals surface area contributed by atoms with E-state index in [2.05, 4.69) is 20.3 Å². The molecule has 3 N–H and O–H groups in total. The molecule has 4 aromatic rings. The maximum Gasteiger partial charge on any atom is 0.225 e. The van der Waals surface area contributed by atoms with Crippen LogP contribution in [-0.4, -0.2) is 29.2 Å². The first-order valence-electron chi connectivity index (χ1n) is 8.61. The van der Waals surface area contributed by atoms with E-state index in [-0.39, 0.29) is 0 Å². The fourth-order valence-corrected chi connectivity index (χ4v) is 3.66. The molecule has 2 aromatic heterocycles. The molecule has 28 heavy (non-hydrogen) atoms. The summed E-state index contributed by atoms with van der Waals surface area (Å²) >= 11 is 1.61. The van der Waals surface area contributed by atoms with Gasteiger partial charge in [-0.15, -0.1) is 11.3 Å². The maximum atomic E-state index is 6.12. The summed E-state index contributed by atoms with van der Waals surface area (Å²) < 4.78 is 10.7. The lowest BCUT2D eigenvalue weighted by molar-refractivity contribution is 0.356. The summed E-state index contributed by atoms with van der Waals surface area (Å²) in [4.78, 5) is 13.5. The lowest BCUT2D eigenvalue weighted by Crippen LogP contribution is -2.06. The monoisotopic (exact) mass is 393 g/mol. The van der Waals surface area contributed by atoms with Gasteiger partial charge in [0.15, 0.2) is 11.5 Å². The number of nitrogen functional groups attached to an aromatic ring is 1. The molecule has 2 heterocycles. The predicted molar refractivity (Wildman–Crippen MR) is 112 cm³/mol. The Kier molecular flexibility index (Phi) is 4.94. The van der Waals surface area contributed by atoms with Crippen molar-refractivity contribution in [2.45, 2.75) is 6.54 Å². The molecule has 0 amide bonds. The minimum absolute atomic E-state index is 0.372. The average Bonchev–Trinajstić information content (AvgIpc) is 3.21. The Morgan fingerprint density at radius 1 is 1.00 bits per heavy atom. The van der Waals surface area contributed by atoms with Crippen molar-refractivity contribution < 1.29 is 9.47 Å². The van der Waals surface area contributed by atoms with Crippen molar-refractivity contribution in [3.05, 3.63) is 53.5 Å². The highest BCUT2D eigenvalue weighted by Crippen LogP contribution is 2.33. The number of hydrogen-bond acceptors (Lipinski definition) is 8. The fraction of sp³-hybridized carbons (Fsp3) is 0.150. The van der Waals surface area contributed by atoms with Crippen LogP contribution in [0.25, 0.3) is 21.5 Å². The Morgan fingerprint density at radius 2 is 1.75 bits per heavy atom. The van der Waals surface area contributed by atoms with Crippen LogP contribution in [0.15, 0.2) is 47.8 Å². The second kappa shape index (κ2) is 7.69. The minimum Gasteiger partial charge on any atom is -0.493 e. The standard InChI is InChI=1S/C20H19N5O2S/c1-26-16-8-14-15(9-17(16)27-2)24-20(25-18(14)21)22-10-13-11-28-19(23-13)12-6-4-3-5-7-12/h3-9,11H,10H2,1-2H3,(H3,21,22,24,25). The lowest BCUT2D eigenvalue weighted by atomic mass is 10.2. The van der Waals surface area contributed by atoms with Gasteiger partial charge in [-0.2, -0.15) is 4.98 Å². The van der Waals surface area contributed by atoms with Crippen LogP contribution in [0.5, 0.6) is 11.5 Å². The van der Waals surface area contributed by atoms with Gasteiger partial charge >= 0.3 is 0 Å². The molecule has 4 rings (SSSR count). The molecule has 0 aliphatic carbocycles. The van der Waals surface area contributed by atoms with Gasteiger partial charge in [0.1, 0.15) is 10.8 Å². The van der Waals surface area contributed by atoms with Gasteiger partial charge in [0.05, 0.1) is 32.0 Å². The third-order valence-electron chi connectivity index (χ3n) is 4.23. The molecular weight excluding hydrogens is 374 g/mol. The van der Waals surface area contributed by atoms with Gasteiger partial charge in [-0.05, 0) is 6.07 Å². The van der Waals surface area contributed by atoms with E-state index in [1.165, 1.54) is 0 Å².